The van der Waals surface area contributed by atoms with Gasteiger partial charge in [-0.25, -0.2) is 9.59 Å². The lowest BCUT2D eigenvalue weighted by atomic mass is 9.95. The Labute approximate surface area is 248 Å². The molecule has 0 radical (unpaired) electrons. The van der Waals surface area contributed by atoms with Crippen LogP contribution in [0, 0.1) is 11.8 Å². The highest BCUT2D eigenvalue weighted by Gasteiger charge is 2.61. The van der Waals surface area contributed by atoms with E-state index in [2.05, 4.69) is 18.5 Å². The number of aromatic nitrogens is 1. The number of methoxy groups -OCH3 is 1. The molecular formula is C32H46N3O7+. The van der Waals surface area contributed by atoms with Crippen LogP contribution in [0.1, 0.15) is 71.1 Å². The van der Waals surface area contributed by atoms with E-state index in [0.29, 0.717) is 12.3 Å². The number of nitrogens with one attached hydrogen (secondary N) is 1. The van der Waals surface area contributed by atoms with Crippen molar-refractivity contribution >= 4 is 18.1 Å². The molecule has 230 valence electrons. The fraction of sp³-hybridized carbons (Fsp3) is 0.625. The largest absolute Gasteiger partial charge is 0.523 e. The standard InChI is InChI=1S/C32H45N3O7/c1-5-7-12-23-15-10-16-26(23)42-31(38)33-29(24-13-8-9-14-24)30(37)35(32(39)40-4)21-25(20-22(35)3)41-28-18-11-17-27(36)34(28)19-6-2/h5-6,11,17-18,22-26,29H,1-2,7-10,12-16,19-21H2,3-4H3/p+1/t22-,23-,25-,26-,29+,35?/m1/s1. The van der Waals surface area contributed by atoms with Gasteiger partial charge in [0.2, 0.25) is 0 Å². The number of quaternary nitrogens is 1. The Hall–Kier alpha value is -3.40. The van der Waals surface area contributed by atoms with Gasteiger partial charge in [0.05, 0.1) is 7.11 Å². The van der Waals surface area contributed by atoms with E-state index in [1.807, 2.05) is 13.0 Å². The zero-order chi connectivity index (χ0) is 30.3. The first-order valence-corrected chi connectivity index (χ1v) is 15.3. The molecule has 3 amide bonds. The van der Waals surface area contributed by atoms with Crippen LogP contribution in [-0.2, 0) is 20.8 Å². The average molecular weight is 585 g/mol. The molecular weight excluding hydrogens is 538 g/mol. The molecule has 0 bridgehead atoms. The van der Waals surface area contributed by atoms with Crippen molar-refractivity contribution in [2.45, 2.75) is 102 Å². The van der Waals surface area contributed by atoms with Gasteiger partial charge in [-0.15, -0.1) is 13.2 Å². The van der Waals surface area contributed by atoms with E-state index in [0.717, 1.165) is 57.8 Å². The summed E-state index contributed by atoms with van der Waals surface area (Å²) in [6.07, 6.45) is 9.84. The fourth-order valence-corrected chi connectivity index (χ4v) is 7.16. The van der Waals surface area contributed by atoms with Crippen LogP contribution in [0.25, 0.3) is 0 Å². The van der Waals surface area contributed by atoms with Crippen molar-refractivity contribution < 1.29 is 33.1 Å². The molecule has 2 aliphatic carbocycles. The molecule has 0 spiro atoms. The fourth-order valence-electron chi connectivity index (χ4n) is 7.16. The third-order valence-corrected chi connectivity index (χ3v) is 9.35. The minimum Gasteiger partial charge on any atom is -0.469 e. The van der Waals surface area contributed by atoms with E-state index in [-0.39, 0.29) is 36.6 Å². The van der Waals surface area contributed by atoms with Crippen molar-refractivity contribution in [2.75, 3.05) is 13.7 Å². The number of pyridine rings is 1. The Morgan fingerprint density at radius 3 is 2.57 bits per heavy atom. The number of amides is 3. The molecule has 2 saturated carbocycles. The molecule has 6 atom stereocenters. The lowest BCUT2D eigenvalue weighted by Gasteiger charge is -2.35. The predicted molar refractivity (Wildman–Crippen MR) is 158 cm³/mol. The second-order valence-corrected chi connectivity index (χ2v) is 12.0. The molecule has 42 heavy (non-hydrogen) atoms. The van der Waals surface area contributed by atoms with Gasteiger partial charge in [-0.05, 0) is 69.8 Å². The molecule has 4 rings (SSSR count). The summed E-state index contributed by atoms with van der Waals surface area (Å²) in [4.78, 5) is 53.7. The molecule has 1 aromatic rings. The third kappa shape index (κ3) is 6.64. The summed E-state index contributed by atoms with van der Waals surface area (Å²) in [5, 5.41) is 2.91. The Morgan fingerprint density at radius 2 is 1.88 bits per heavy atom. The molecule has 3 fully saturated rings. The van der Waals surface area contributed by atoms with Gasteiger partial charge >= 0.3 is 18.1 Å². The highest BCUT2D eigenvalue weighted by molar-refractivity contribution is 5.88. The number of nitrogens with zero attached hydrogens (tertiary/aromatic N) is 2. The van der Waals surface area contributed by atoms with Crippen LogP contribution in [0.4, 0.5) is 9.59 Å². The smallest absolute Gasteiger partial charge is 0.469 e. The van der Waals surface area contributed by atoms with Crippen LogP contribution in [0.15, 0.2) is 48.3 Å². The van der Waals surface area contributed by atoms with Crippen LogP contribution >= 0.6 is 0 Å². The summed E-state index contributed by atoms with van der Waals surface area (Å²) in [5.41, 5.74) is -0.235. The van der Waals surface area contributed by atoms with E-state index in [1.54, 1.807) is 18.2 Å². The highest BCUT2D eigenvalue weighted by atomic mass is 16.6. The first kappa shape index (κ1) is 31.5. The summed E-state index contributed by atoms with van der Waals surface area (Å²) < 4.78 is 18.2. The Kier molecular flexibility index (Phi) is 10.6. The topological polar surface area (TPSA) is 113 Å². The maximum absolute atomic E-state index is 14.5. The van der Waals surface area contributed by atoms with Gasteiger partial charge < -0.3 is 19.5 Å². The summed E-state index contributed by atoms with van der Waals surface area (Å²) in [6, 6.07) is 3.37. The Balaban J connectivity index is 1.57. The third-order valence-electron chi connectivity index (χ3n) is 9.35. The number of rotatable bonds is 11. The average Bonchev–Trinajstić information content (AvgIpc) is 3.73. The van der Waals surface area contributed by atoms with E-state index >= 15 is 0 Å². The zero-order valence-corrected chi connectivity index (χ0v) is 25.0. The van der Waals surface area contributed by atoms with E-state index in [9.17, 15) is 19.2 Å². The van der Waals surface area contributed by atoms with Crippen molar-refractivity contribution in [3.05, 3.63) is 53.9 Å². The van der Waals surface area contributed by atoms with Gasteiger partial charge in [0, 0.05) is 19.0 Å². The van der Waals surface area contributed by atoms with Gasteiger partial charge in [0.15, 0.2) is 18.0 Å². The summed E-state index contributed by atoms with van der Waals surface area (Å²) >= 11 is 0. The number of carbonyl (C=O) groups excluding carboxylic acids is 3. The monoisotopic (exact) mass is 584 g/mol. The molecule has 1 saturated heterocycles. The second kappa shape index (κ2) is 14.2. The Bertz CT molecular complexity index is 1210. The minimum atomic E-state index is -0.899. The van der Waals surface area contributed by atoms with Crippen LogP contribution in [0.3, 0.4) is 0 Å². The quantitative estimate of drug-likeness (QED) is 0.284. The molecule has 2 heterocycles. The van der Waals surface area contributed by atoms with Gasteiger partial charge in [0.25, 0.3) is 5.56 Å². The number of ether oxygens (including phenoxy) is 3. The highest BCUT2D eigenvalue weighted by Crippen LogP contribution is 2.37. The lowest BCUT2D eigenvalue weighted by Crippen LogP contribution is -2.66. The summed E-state index contributed by atoms with van der Waals surface area (Å²) in [5.74, 6) is 0.101. The van der Waals surface area contributed by atoms with Crippen LogP contribution in [0.2, 0.25) is 0 Å². The summed E-state index contributed by atoms with van der Waals surface area (Å²) in [7, 11) is 1.27. The van der Waals surface area contributed by atoms with Crippen LogP contribution < -0.4 is 15.6 Å². The lowest BCUT2D eigenvalue weighted by molar-refractivity contribution is -0.794. The number of imide groups is 1. The number of likely N-dealkylation sites (tertiary alicyclic amines) is 1. The molecule has 1 aromatic heterocycles. The first-order chi connectivity index (χ1) is 20.2. The molecule has 10 nitrogen and oxygen atoms in total. The predicted octanol–water partition coefficient (Wildman–Crippen LogP) is 5.10. The normalized spacial score (nSPS) is 28.1. The van der Waals surface area contributed by atoms with Crippen LogP contribution in [-0.4, -0.2) is 65.1 Å². The van der Waals surface area contributed by atoms with E-state index < -0.39 is 40.8 Å². The van der Waals surface area contributed by atoms with Crippen molar-refractivity contribution in [1.29, 1.82) is 0 Å². The maximum atomic E-state index is 14.5. The van der Waals surface area contributed by atoms with Gasteiger partial charge in [-0.1, -0.05) is 31.1 Å². The number of alkyl carbamates (subject to hydrolysis) is 1. The van der Waals surface area contributed by atoms with Crippen molar-refractivity contribution in [1.82, 2.24) is 9.88 Å². The van der Waals surface area contributed by atoms with Gasteiger partial charge in [0.1, 0.15) is 18.7 Å². The number of carbonyl (C=O) groups is 3. The van der Waals surface area contributed by atoms with E-state index in [4.69, 9.17) is 14.2 Å². The second-order valence-electron chi connectivity index (χ2n) is 12.0. The maximum Gasteiger partial charge on any atom is 0.523 e. The molecule has 10 heteroatoms. The molecule has 3 aliphatic rings. The van der Waals surface area contributed by atoms with Crippen molar-refractivity contribution in [2.24, 2.45) is 11.8 Å². The number of hydrogen-bond donors (Lipinski definition) is 1. The van der Waals surface area contributed by atoms with Gasteiger partial charge in [-0.3, -0.25) is 9.36 Å². The zero-order valence-electron chi connectivity index (χ0n) is 25.0. The molecule has 1 aliphatic heterocycles. The SMILES string of the molecule is C=CCC[C@@H]1CCC[C@H]1OC(=O)N[C@H](C(=O)[N+]1(C(=O)OC)C[C@H](Oc2cccc(=O)n2CC=C)C[C@H]1C)C1CCCC1. The Morgan fingerprint density at radius 1 is 1.12 bits per heavy atom. The van der Waals surface area contributed by atoms with Crippen molar-refractivity contribution in [3.8, 4) is 5.88 Å². The molecule has 1 unspecified atom stereocenters. The molecule has 0 aromatic carbocycles. The summed E-state index contributed by atoms with van der Waals surface area (Å²) in [6.45, 7) is 9.63. The van der Waals surface area contributed by atoms with Crippen LogP contribution in [0.5, 0.6) is 5.88 Å². The van der Waals surface area contributed by atoms with Gasteiger partial charge in [-0.2, -0.15) is 9.28 Å². The van der Waals surface area contributed by atoms with E-state index in [1.165, 1.54) is 17.7 Å². The molecule has 1 N–H and O–H groups in total. The minimum absolute atomic E-state index is 0.0239. The first-order valence-electron chi connectivity index (χ1n) is 15.3. The number of hydrogen-bond acceptors (Lipinski definition) is 7. The number of allylic oxidation sites excluding steroid dienone is 2. The van der Waals surface area contributed by atoms with Crippen molar-refractivity contribution in [3.63, 3.8) is 0 Å².